The Morgan fingerprint density at radius 2 is 2.17 bits per heavy atom. The fourth-order valence-corrected chi connectivity index (χ4v) is 4.24. The topological polar surface area (TPSA) is 97.4 Å². The van der Waals surface area contributed by atoms with Gasteiger partial charge in [0.25, 0.3) is 0 Å². The van der Waals surface area contributed by atoms with Crippen LogP contribution in [0.15, 0.2) is 23.8 Å². The third kappa shape index (κ3) is 5.60. The fraction of sp³-hybridized carbons (Fsp3) is 0.727. The van der Waals surface area contributed by atoms with Crippen molar-refractivity contribution in [3.63, 3.8) is 0 Å². The molecule has 29 heavy (non-hydrogen) atoms. The van der Waals surface area contributed by atoms with E-state index in [2.05, 4.69) is 24.9 Å². The number of epoxide rings is 1. The van der Waals surface area contributed by atoms with Crippen molar-refractivity contribution in [3.8, 4) is 0 Å². The summed E-state index contributed by atoms with van der Waals surface area (Å²) >= 11 is 0. The molecular formula is C22H33NO6. The van der Waals surface area contributed by atoms with Gasteiger partial charge in [-0.2, -0.15) is 0 Å². The number of hydrogen-bond donors (Lipinski definition) is 2. The number of fused-ring (bicyclic) bond motifs is 3. The highest BCUT2D eigenvalue weighted by molar-refractivity contribution is 5.91. The molecule has 3 aliphatic rings. The Kier molecular flexibility index (Phi) is 7.35. The standard InChI is InChI=1S/C22H33NO6/c1-15-17-10-9-16(14-27-21(26)23-12-5-3-4-6-13-24)8-7-11-22(2)19(29-22)18(17)28-20(15)25/h8,17-19,24H,1,3-7,9-14H2,2H3,(H,23,26)/b16-8+/t17-,18-,19-,22+/m0/s1. The Labute approximate surface area is 172 Å². The lowest BCUT2D eigenvalue weighted by molar-refractivity contribution is -0.140. The van der Waals surface area contributed by atoms with Crippen LogP contribution in [0.25, 0.3) is 0 Å². The van der Waals surface area contributed by atoms with Crippen LogP contribution in [-0.2, 0) is 19.0 Å². The van der Waals surface area contributed by atoms with Crippen LogP contribution in [0.5, 0.6) is 0 Å². The smallest absolute Gasteiger partial charge is 0.407 e. The highest BCUT2D eigenvalue weighted by atomic mass is 16.6. The van der Waals surface area contributed by atoms with E-state index < -0.39 is 6.09 Å². The zero-order valence-electron chi connectivity index (χ0n) is 17.3. The molecule has 3 rings (SSSR count). The first-order valence-corrected chi connectivity index (χ1v) is 10.7. The Morgan fingerprint density at radius 3 is 2.97 bits per heavy atom. The SMILES string of the molecule is C=C1C(=O)O[C@H]2[C@H]1CC/C(COC(=O)NCCCCCCO)=C\CC[C@@]1(C)O[C@@H]21. The molecule has 4 atom stereocenters. The molecule has 2 N–H and O–H groups in total. The van der Waals surface area contributed by atoms with E-state index in [9.17, 15) is 9.59 Å². The number of ether oxygens (including phenoxy) is 3. The number of nitrogens with one attached hydrogen (secondary N) is 1. The summed E-state index contributed by atoms with van der Waals surface area (Å²) in [6, 6.07) is 0. The lowest BCUT2D eigenvalue weighted by Crippen LogP contribution is -2.29. The third-order valence-electron chi connectivity index (χ3n) is 6.18. The average Bonchev–Trinajstić information content (AvgIpc) is 3.28. The van der Waals surface area contributed by atoms with E-state index >= 15 is 0 Å². The van der Waals surface area contributed by atoms with E-state index in [4.69, 9.17) is 19.3 Å². The molecule has 7 heteroatoms. The second-order valence-electron chi connectivity index (χ2n) is 8.43. The van der Waals surface area contributed by atoms with Crippen molar-refractivity contribution in [2.24, 2.45) is 5.92 Å². The quantitative estimate of drug-likeness (QED) is 0.211. The number of carbonyl (C=O) groups is 2. The van der Waals surface area contributed by atoms with Gasteiger partial charge >= 0.3 is 12.1 Å². The highest BCUT2D eigenvalue weighted by Crippen LogP contribution is 2.49. The monoisotopic (exact) mass is 407 g/mol. The number of amides is 1. The van der Waals surface area contributed by atoms with Crippen LogP contribution in [0, 0.1) is 5.92 Å². The van der Waals surface area contributed by atoms with Crippen molar-refractivity contribution in [2.75, 3.05) is 19.8 Å². The Bertz CT molecular complexity index is 660. The number of esters is 1. The van der Waals surface area contributed by atoms with Gasteiger partial charge in [-0.25, -0.2) is 9.59 Å². The summed E-state index contributed by atoms with van der Waals surface area (Å²) in [6.45, 7) is 7.01. The Morgan fingerprint density at radius 1 is 1.38 bits per heavy atom. The molecule has 2 aliphatic heterocycles. The number of rotatable bonds is 8. The molecule has 0 bridgehead atoms. The molecule has 0 aromatic heterocycles. The average molecular weight is 408 g/mol. The maximum Gasteiger partial charge on any atom is 0.407 e. The van der Waals surface area contributed by atoms with E-state index in [1.165, 1.54) is 0 Å². The summed E-state index contributed by atoms with van der Waals surface area (Å²) in [5.74, 6) is -0.374. The lowest BCUT2D eigenvalue weighted by atomic mass is 9.84. The van der Waals surface area contributed by atoms with Crippen LogP contribution in [-0.4, -0.2) is 54.7 Å². The molecule has 0 radical (unpaired) electrons. The first-order chi connectivity index (χ1) is 13.9. The van der Waals surface area contributed by atoms with Gasteiger partial charge in [-0.15, -0.1) is 0 Å². The lowest BCUT2D eigenvalue weighted by Gasteiger charge is -2.20. The van der Waals surface area contributed by atoms with Crippen molar-refractivity contribution in [3.05, 3.63) is 23.8 Å². The molecule has 0 aromatic rings. The normalized spacial score (nSPS) is 33.0. The number of alkyl carbamates (subject to hydrolysis) is 1. The summed E-state index contributed by atoms with van der Waals surface area (Å²) in [5.41, 5.74) is 1.31. The second-order valence-corrected chi connectivity index (χ2v) is 8.43. The number of aliphatic hydroxyl groups is 1. The predicted octanol–water partition coefficient (Wildman–Crippen LogP) is 3.02. The second kappa shape index (κ2) is 9.76. The summed E-state index contributed by atoms with van der Waals surface area (Å²) in [7, 11) is 0. The van der Waals surface area contributed by atoms with E-state index in [-0.39, 0.29) is 42.9 Å². The van der Waals surface area contributed by atoms with E-state index in [0.717, 1.165) is 56.9 Å². The highest BCUT2D eigenvalue weighted by Gasteiger charge is 2.61. The van der Waals surface area contributed by atoms with E-state index in [0.29, 0.717) is 12.1 Å². The maximum atomic E-state index is 12.0. The Hall–Kier alpha value is -1.86. The van der Waals surface area contributed by atoms with Crippen LogP contribution in [0.3, 0.4) is 0 Å². The molecule has 7 nitrogen and oxygen atoms in total. The molecule has 1 amide bonds. The van der Waals surface area contributed by atoms with Crippen LogP contribution in [0.4, 0.5) is 4.79 Å². The zero-order valence-corrected chi connectivity index (χ0v) is 17.3. The van der Waals surface area contributed by atoms with Gasteiger partial charge in [0.05, 0.1) is 5.60 Å². The van der Waals surface area contributed by atoms with Crippen molar-refractivity contribution in [1.82, 2.24) is 5.32 Å². The predicted molar refractivity (Wildman–Crippen MR) is 107 cm³/mol. The molecule has 2 fully saturated rings. The maximum absolute atomic E-state index is 12.0. The Balaban J connectivity index is 1.47. The van der Waals surface area contributed by atoms with Crippen LogP contribution in [0.2, 0.25) is 0 Å². The van der Waals surface area contributed by atoms with Crippen LogP contribution < -0.4 is 5.32 Å². The minimum atomic E-state index is -0.413. The summed E-state index contributed by atoms with van der Waals surface area (Å²) in [6.07, 6.45) is 8.16. The minimum absolute atomic E-state index is 0.0509. The molecule has 0 unspecified atom stereocenters. The van der Waals surface area contributed by atoms with Gasteiger partial charge in [0.15, 0.2) is 0 Å². The molecular weight excluding hydrogens is 374 g/mol. The molecule has 0 saturated carbocycles. The van der Waals surface area contributed by atoms with Gasteiger partial charge in [0.2, 0.25) is 0 Å². The number of allylic oxidation sites excluding steroid dienone is 1. The van der Waals surface area contributed by atoms with Gasteiger partial charge < -0.3 is 24.6 Å². The fourth-order valence-electron chi connectivity index (χ4n) is 4.24. The zero-order chi connectivity index (χ0) is 20.9. The summed E-state index contributed by atoms with van der Waals surface area (Å²) in [4.78, 5) is 23.9. The van der Waals surface area contributed by atoms with Gasteiger partial charge in [-0.1, -0.05) is 25.5 Å². The van der Waals surface area contributed by atoms with Crippen LogP contribution >= 0.6 is 0 Å². The first kappa shape index (κ1) is 21.8. The van der Waals surface area contributed by atoms with Crippen molar-refractivity contribution < 1.29 is 28.9 Å². The summed E-state index contributed by atoms with van der Waals surface area (Å²) < 4.78 is 16.8. The van der Waals surface area contributed by atoms with Crippen molar-refractivity contribution >= 4 is 12.1 Å². The molecule has 2 heterocycles. The van der Waals surface area contributed by atoms with Gasteiger partial charge in [-0.05, 0) is 51.0 Å². The molecule has 0 aromatic carbocycles. The third-order valence-corrected chi connectivity index (χ3v) is 6.18. The number of hydrogen-bond acceptors (Lipinski definition) is 6. The molecule has 2 saturated heterocycles. The largest absolute Gasteiger partial charge is 0.455 e. The van der Waals surface area contributed by atoms with Crippen molar-refractivity contribution in [1.29, 1.82) is 0 Å². The molecule has 1 aliphatic carbocycles. The number of unbranched alkanes of at least 4 members (excludes halogenated alkanes) is 3. The van der Waals surface area contributed by atoms with Gasteiger partial charge in [-0.3, -0.25) is 0 Å². The minimum Gasteiger partial charge on any atom is -0.455 e. The van der Waals surface area contributed by atoms with Crippen LogP contribution in [0.1, 0.15) is 58.3 Å². The molecule has 0 spiro atoms. The molecule has 162 valence electrons. The van der Waals surface area contributed by atoms with Gasteiger partial charge in [0.1, 0.15) is 18.8 Å². The summed E-state index contributed by atoms with van der Waals surface area (Å²) in [5, 5.41) is 11.5. The number of aliphatic hydroxyl groups excluding tert-OH is 1. The van der Waals surface area contributed by atoms with Gasteiger partial charge in [0, 0.05) is 24.6 Å². The van der Waals surface area contributed by atoms with Crippen molar-refractivity contribution in [2.45, 2.75) is 76.1 Å². The van der Waals surface area contributed by atoms with E-state index in [1.54, 1.807) is 0 Å². The number of carbonyl (C=O) groups excluding carboxylic acids is 2. The first-order valence-electron chi connectivity index (χ1n) is 10.7. The van der Waals surface area contributed by atoms with E-state index in [1.807, 2.05) is 0 Å².